The Morgan fingerprint density at radius 3 is 2.67 bits per heavy atom. The van der Waals surface area contributed by atoms with Gasteiger partial charge in [0.05, 0.1) is 28.7 Å². The molecule has 6 nitrogen and oxygen atoms in total. The molecule has 30 heavy (non-hydrogen) atoms. The van der Waals surface area contributed by atoms with E-state index in [-0.39, 0.29) is 11.8 Å². The predicted octanol–water partition coefficient (Wildman–Crippen LogP) is 4.87. The van der Waals surface area contributed by atoms with Gasteiger partial charge in [0.2, 0.25) is 5.91 Å². The fraction of sp³-hybridized carbons (Fsp3) is 0.125. The molecule has 0 aliphatic carbocycles. The maximum absolute atomic E-state index is 13.3. The van der Waals surface area contributed by atoms with Gasteiger partial charge in [-0.1, -0.05) is 30.3 Å². The van der Waals surface area contributed by atoms with Crippen molar-refractivity contribution in [3.8, 4) is 11.5 Å². The summed E-state index contributed by atoms with van der Waals surface area (Å²) in [6.45, 7) is 0.659. The molecule has 5 rings (SSSR count). The molecule has 4 aromatic rings. The molecule has 0 saturated carbocycles. The van der Waals surface area contributed by atoms with Gasteiger partial charge in [-0.25, -0.2) is 4.98 Å². The number of para-hydroxylation sites is 3. The number of anilines is 2. The standard InChI is InChI=1S/C24H19N3O3/c28-23-12-5-13-27(23)21-10-4-3-9-19(21)26-24(29)17-15-20(22-11-6-14-30-22)25-18-8-2-1-7-16(17)18/h1-4,6-11,14-15H,5,12-13H2,(H,26,29). The van der Waals surface area contributed by atoms with E-state index in [1.165, 1.54) is 0 Å². The second kappa shape index (κ2) is 7.48. The van der Waals surface area contributed by atoms with Crippen LogP contribution in [0.5, 0.6) is 0 Å². The lowest BCUT2D eigenvalue weighted by atomic mass is 10.1. The fourth-order valence-corrected chi connectivity index (χ4v) is 3.82. The number of aromatic nitrogens is 1. The molecule has 1 aliphatic rings. The summed E-state index contributed by atoms with van der Waals surface area (Å²) in [5.41, 5.74) is 3.12. The van der Waals surface area contributed by atoms with Gasteiger partial charge in [0.1, 0.15) is 5.69 Å². The van der Waals surface area contributed by atoms with Gasteiger partial charge < -0.3 is 14.6 Å². The Morgan fingerprint density at radius 2 is 1.87 bits per heavy atom. The van der Waals surface area contributed by atoms with E-state index in [0.717, 1.165) is 17.5 Å². The molecule has 0 unspecified atom stereocenters. The van der Waals surface area contributed by atoms with Gasteiger partial charge in [0, 0.05) is 18.4 Å². The molecule has 2 amide bonds. The third-order valence-corrected chi connectivity index (χ3v) is 5.25. The average Bonchev–Trinajstić information content (AvgIpc) is 3.45. The van der Waals surface area contributed by atoms with Crippen LogP contribution in [0.2, 0.25) is 0 Å². The Hall–Kier alpha value is -3.93. The lowest BCUT2D eigenvalue weighted by Crippen LogP contribution is -2.25. The van der Waals surface area contributed by atoms with Crippen molar-refractivity contribution in [2.75, 3.05) is 16.8 Å². The summed E-state index contributed by atoms with van der Waals surface area (Å²) in [7, 11) is 0. The number of fused-ring (bicyclic) bond motifs is 1. The van der Waals surface area contributed by atoms with Crippen LogP contribution in [0.15, 0.2) is 77.4 Å². The Kier molecular flexibility index (Phi) is 4.52. The van der Waals surface area contributed by atoms with Crippen molar-refractivity contribution in [1.29, 1.82) is 0 Å². The van der Waals surface area contributed by atoms with Crippen LogP contribution in [-0.4, -0.2) is 23.3 Å². The maximum Gasteiger partial charge on any atom is 0.256 e. The molecule has 0 spiro atoms. The van der Waals surface area contributed by atoms with Crippen molar-refractivity contribution in [1.82, 2.24) is 4.98 Å². The van der Waals surface area contributed by atoms with E-state index in [9.17, 15) is 9.59 Å². The summed E-state index contributed by atoms with van der Waals surface area (Å²) in [4.78, 5) is 31.9. The Morgan fingerprint density at radius 1 is 1.03 bits per heavy atom. The smallest absolute Gasteiger partial charge is 0.256 e. The van der Waals surface area contributed by atoms with Crippen LogP contribution in [0.1, 0.15) is 23.2 Å². The number of rotatable bonds is 4. The van der Waals surface area contributed by atoms with Crippen LogP contribution in [-0.2, 0) is 4.79 Å². The molecule has 2 aromatic carbocycles. The van der Waals surface area contributed by atoms with E-state index in [1.807, 2.05) is 54.6 Å². The highest BCUT2D eigenvalue weighted by Gasteiger charge is 2.24. The Bertz CT molecular complexity index is 1250. The number of amides is 2. The van der Waals surface area contributed by atoms with Crippen LogP contribution in [0.4, 0.5) is 11.4 Å². The summed E-state index contributed by atoms with van der Waals surface area (Å²) in [6, 6.07) is 20.2. The first-order valence-corrected chi connectivity index (χ1v) is 9.85. The average molecular weight is 397 g/mol. The Labute approximate surface area is 173 Å². The molecule has 6 heteroatoms. The molecule has 0 atom stereocenters. The van der Waals surface area contributed by atoms with Gasteiger partial charge >= 0.3 is 0 Å². The second-order valence-electron chi connectivity index (χ2n) is 7.17. The fourth-order valence-electron chi connectivity index (χ4n) is 3.82. The first-order chi connectivity index (χ1) is 14.7. The van der Waals surface area contributed by atoms with E-state index < -0.39 is 0 Å². The number of hydrogen-bond acceptors (Lipinski definition) is 4. The summed E-state index contributed by atoms with van der Waals surface area (Å²) in [5, 5.41) is 3.75. The van der Waals surface area contributed by atoms with Gasteiger partial charge in [0.15, 0.2) is 5.76 Å². The van der Waals surface area contributed by atoms with E-state index in [2.05, 4.69) is 10.3 Å². The molecule has 1 saturated heterocycles. The van der Waals surface area contributed by atoms with Crippen LogP contribution in [0, 0.1) is 0 Å². The third-order valence-electron chi connectivity index (χ3n) is 5.25. The van der Waals surface area contributed by atoms with Crippen LogP contribution >= 0.6 is 0 Å². The molecule has 1 aliphatic heterocycles. The highest BCUT2D eigenvalue weighted by Crippen LogP contribution is 2.31. The van der Waals surface area contributed by atoms with Gasteiger partial charge in [0.25, 0.3) is 5.91 Å². The van der Waals surface area contributed by atoms with Crippen molar-refractivity contribution >= 4 is 34.1 Å². The van der Waals surface area contributed by atoms with Crippen molar-refractivity contribution < 1.29 is 14.0 Å². The minimum Gasteiger partial charge on any atom is -0.463 e. The minimum absolute atomic E-state index is 0.0752. The number of nitrogens with zero attached hydrogens (tertiary/aromatic N) is 2. The molecule has 148 valence electrons. The molecular weight excluding hydrogens is 378 g/mol. The second-order valence-corrected chi connectivity index (χ2v) is 7.17. The van der Waals surface area contributed by atoms with Crippen molar-refractivity contribution in [3.05, 3.63) is 78.6 Å². The molecule has 0 bridgehead atoms. The minimum atomic E-state index is -0.263. The van der Waals surface area contributed by atoms with Gasteiger partial charge in [-0.15, -0.1) is 0 Å². The van der Waals surface area contributed by atoms with E-state index >= 15 is 0 Å². The summed E-state index contributed by atoms with van der Waals surface area (Å²) >= 11 is 0. The number of furan rings is 1. The summed E-state index contributed by atoms with van der Waals surface area (Å²) < 4.78 is 5.48. The zero-order valence-corrected chi connectivity index (χ0v) is 16.2. The Balaban J connectivity index is 1.56. The number of carbonyl (C=O) groups excluding carboxylic acids is 2. The van der Waals surface area contributed by atoms with Crippen molar-refractivity contribution in [2.45, 2.75) is 12.8 Å². The van der Waals surface area contributed by atoms with Crippen LogP contribution < -0.4 is 10.2 Å². The summed E-state index contributed by atoms with van der Waals surface area (Å²) in [6.07, 6.45) is 2.93. The molecule has 2 aromatic heterocycles. The van der Waals surface area contributed by atoms with Crippen molar-refractivity contribution in [3.63, 3.8) is 0 Å². The maximum atomic E-state index is 13.3. The predicted molar refractivity (Wildman–Crippen MR) is 115 cm³/mol. The van der Waals surface area contributed by atoms with Gasteiger partial charge in [-0.05, 0) is 42.8 Å². The molecule has 1 fully saturated rings. The van der Waals surface area contributed by atoms with E-state index in [4.69, 9.17) is 4.42 Å². The van der Waals surface area contributed by atoms with Gasteiger partial charge in [-0.3, -0.25) is 9.59 Å². The number of carbonyl (C=O) groups is 2. The molecule has 3 heterocycles. The number of nitrogens with one attached hydrogen (secondary N) is 1. The lowest BCUT2D eigenvalue weighted by molar-refractivity contribution is -0.117. The third kappa shape index (κ3) is 3.22. The highest BCUT2D eigenvalue weighted by atomic mass is 16.3. The largest absolute Gasteiger partial charge is 0.463 e. The lowest BCUT2D eigenvalue weighted by Gasteiger charge is -2.20. The molecule has 1 N–H and O–H groups in total. The zero-order chi connectivity index (χ0) is 20.5. The summed E-state index contributed by atoms with van der Waals surface area (Å²) in [5.74, 6) is 0.407. The first kappa shape index (κ1) is 18.1. The monoisotopic (exact) mass is 397 g/mol. The molecule has 0 radical (unpaired) electrons. The van der Waals surface area contributed by atoms with E-state index in [1.54, 1.807) is 23.3 Å². The number of hydrogen-bond donors (Lipinski definition) is 1. The van der Waals surface area contributed by atoms with Gasteiger partial charge in [-0.2, -0.15) is 0 Å². The first-order valence-electron chi connectivity index (χ1n) is 9.85. The van der Waals surface area contributed by atoms with Crippen LogP contribution in [0.25, 0.3) is 22.4 Å². The quantitative estimate of drug-likeness (QED) is 0.533. The number of benzene rings is 2. The van der Waals surface area contributed by atoms with Crippen LogP contribution in [0.3, 0.4) is 0 Å². The normalized spacial score (nSPS) is 13.7. The van der Waals surface area contributed by atoms with E-state index in [0.29, 0.717) is 41.2 Å². The highest BCUT2D eigenvalue weighted by molar-refractivity contribution is 6.14. The van der Waals surface area contributed by atoms with Crippen molar-refractivity contribution in [2.24, 2.45) is 0 Å². The number of pyridine rings is 1. The SMILES string of the molecule is O=C(Nc1ccccc1N1CCCC1=O)c1cc(-c2ccco2)nc2ccccc12. The molecular formula is C24H19N3O3. The zero-order valence-electron chi connectivity index (χ0n) is 16.2. The topological polar surface area (TPSA) is 75.4 Å².